The number of pyridine rings is 2. The van der Waals surface area contributed by atoms with E-state index in [0.717, 1.165) is 10.8 Å². The minimum Gasteiger partial charge on any atom is -1.00 e. The van der Waals surface area contributed by atoms with Crippen molar-refractivity contribution in [2.24, 2.45) is 0 Å². The van der Waals surface area contributed by atoms with Gasteiger partial charge in [-0.05, 0) is 11.5 Å². The van der Waals surface area contributed by atoms with Crippen molar-refractivity contribution in [2.75, 3.05) is 13.2 Å². The van der Waals surface area contributed by atoms with E-state index in [0.29, 0.717) is 0 Å². The summed E-state index contributed by atoms with van der Waals surface area (Å²) in [6.45, 7) is -0.153. The number of hydrogen-bond donors (Lipinski definition) is 2. The fraction of sp³-hybridized carbons (Fsp3) is 0.273. The van der Waals surface area contributed by atoms with Crippen molar-refractivity contribution < 1.29 is 27.2 Å². The zero-order valence-electron chi connectivity index (χ0n) is 8.62. The van der Waals surface area contributed by atoms with Crippen molar-refractivity contribution >= 4 is 10.8 Å². The van der Waals surface area contributed by atoms with Gasteiger partial charge in [0.15, 0.2) is 12.4 Å². The van der Waals surface area contributed by atoms with E-state index in [1.54, 1.807) is 17.0 Å². The van der Waals surface area contributed by atoms with E-state index < -0.39 is 0 Å². The first kappa shape index (κ1) is 12.8. The predicted octanol–water partition coefficient (Wildman–Crippen LogP) is -2.95. The quantitative estimate of drug-likeness (QED) is 0.565. The lowest BCUT2D eigenvalue weighted by Gasteiger charge is -2.06. The summed E-state index contributed by atoms with van der Waals surface area (Å²) in [5.74, 6) is 0. The number of hydrogen-bond acceptors (Lipinski definition) is 3. The molecular weight excluding hydrogens is 228 g/mol. The van der Waals surface area contributed by atoms with Gasteiger partial charge >= 0.3 is 0 Å². The summed E-state index contributed by atoms with van der Waals surface area (Å²) >= 11 is 0. The zero-order valence-corrected chi connectivity index (χ0v) is 9.38. The van der Waals surface area contributed by atoms with Crippen molar-refractivity contribution in [3.8, 4) is 0 Å². The minimum absolute atomic E-state index is 0. The predicted molar refractivity (Wildman–Crippen MR) is 55.1 cm³/mol. The van der Waals surface area contributed by atoms with Crippen LogP contribution in [0.1, 0.15) is 6.04 Å². The molecule has 2 aromatic heterocycles. The molecule has 0 amide bonds. The lowest BCUT2D eigenvalue weighted by molar-refractivity contribution is -0.724. The summed E-state index contributed by atoms with van der Waals surface area (Å²) in [6, 6.07) is 3.58. The standard InChI is InChI=1S/C11H13N2O2.ClH/c14-7-11(8-15)13-4-2-9-1-3-12-5-10(9)6-13;/h1-6,11,14-15H,7-8H2;1H/q+1;/p-1. The van der Waals surface area contributed by atoms with Crippen molar-refractivity contribution in [1.82, 2.24) is 4.98 Å². The van der Waals surface area contributed by atoms with E-state index in [1.807, 2.05) is 24.5 Å². The van der Waals surface area contributed by atoms with E-state index in [-0.39, 0.29) is 31.7 Å². The lowest BCUT2D eigenvalue weighted by atomic mass is 10.2. The highest BCUT2D eigenvalue weighted by Gasteiger charge is 2.15. The second-order valence-corrected chi connectivity index (χ2v) is 3.42. The van der Waals surface area contributed by atoms with Gasteiger partial charge < -0.3 is 22.6 Å². The Bertz CT molecular complexity index is 460. The van der Waals surface area contributed by atoms with Gasteiger partial charge in [0.25, 0.3) is 0 Å². The SMILES string of the molecule is OCC(CO)[n+]1ccc2ccncc2c1.[Cl-]. The Morgan fingerprint density at radius 2 is 1.94 bits per heavy atom. The number of rotatable bonds is 3. The van der Waals surface area contributed by atoms with Crippen LogP contribution in [-0.2, 0) is 0 Å². The normalized spacial score (nSPS) is 10.4. The van der Waals surface area contributed by atoms with E-state index >= 15 is 0 Å². The van der Waals surface area contributed by atoms with Gasteiger partial charge in [-0.15, -0.1) is 0 Å². The molecular formula is C11H13ClN2O2. The van der Waals surface area contributed by atoms with Crippen LogP contribution in [0, 0.1) is 0 Å². The molecule has 0 aliphatic heterocycles. The summed E-state index contributed by atoms with van der Waals surface area (Å²) < 4.78 is 1.80. The van der Waals surface area contributed by atoms with E-state index in [9.17, 15) is 0 Å². The highest BCUT2D eigenvalue weighted by molar-refractivity contribution is 5.79. The molecule has 0 spiro atoms. The summed E-state index contributed by atoms with van der Waals surface area (Å²) in [7, 11) is 0. The van der Waals surface area contributed by atoms with Crippen LogP contribution in [0.25, 0.3) is 10.8 Å². The van der Waals surface area contributed by atoms with Crippen LogP contribution in [0.15, 0.2) is 36.9 Å². The third-order valence-corrected chi connectivity index (χ3v) is 2.44. The van der Waals surface area contributed by atoms with Gasteiger partial charge in [-0.3, -0.25) is 4.98 Å². The van der Waals surface area contributed by atoms with Crippen LogP contribution in [0.5, 0.6) is 0 Å². The van der Waals surface area contributed by atoms with E-state index in [1.165, 1.54) is 0 Å². The number of aliphatic hydroxyl groups excluding tert-OH is 2. The highest BCUT2D eigenvalue weighted by Crippen LogP contribution is 2.09. The first-order chi connectivity index (χ1) is 7.35. The van der Waals surface area contributed by atoms with Crippen molar-refractivity contribution in [2.45, 2.75) is 6.04 Å². The summed E-state index contributed by atoms with van der Waals surface area (Å²) in [5.41, 5.74) is 0. The van der Waals surface area contributed by atoms with Crippen molar-refractivity contribution in [1.29, 1.82) is 0 Å². The number of nitrogens with zero attached hydrogens (tertiary/aromatic N) is 2. The van der Waals surface area contributed by atoms with Gasteiger partial charge in [0, 0.05) is 18.5 Å². The Morgan fingerprint density at radius 1 is 1.19 bits per heavy atom. The lowest BCUT2D eigenvalue weighted by Crippen LogP contribution is -3.00. The Kier molecular flexibility index (Phi) is 4.61. The van der Waals surface area contributed by atoms with E-state index in [2.05, 4.69) is 4.98 Å². The molecule has 0 saturated carbocycles. The third kappa shape index (κ3) is 2.47. The molecule has 0 aliphatic carbocycles. The first-order valence-corrected chi connectivity index (χ1v) is 4.81. The molecule has 2 N–H and O–H groups in total. The van der Waals surface area contributed by atoms with Gasteiger partial charge in [0.05, 0.1) is 5.39 Å². The number of fused-ring (bicyclic) bond motifs is 1. The van der Waals surface area contributed by atoms with Crippen LogP contribution in [0.3, 0.4) is 0 Å². The van der Waals surface area contributed by atoms with Crippen LogP contribution in [0.4, 0.5) is 0 Å². The monoisotopic (exact) mass is 240 g/mol. The second kappa shape index (κ2) is 5.75. The smallest absolute Gasteiger partial charge is 0.203 e. The molecule has 4 nitrogen and oxygen atoms in total. The average Bonchev–Trinajstić information content (AvgIpc) is 2.30. The molecule has 2 rings (SSSR count). The van der Waals surface area contributed by atoms with Gasteiger partial charge in [-0.2, -0.15) is 4.57 Å². The third-order valence-electron chi connectivity index (χ3n) is 2.44. The number of aromatic nitrogens is 2. The molecule has 0 saturated heterocycles. The fourth-order valence-corrected chi connectivity index (χ4v) is 1.52. The average molecular weight is 241 g/mol. The minimum atomic E-state index is -0.283. The highest BCUT2D eigenvalue weighted by atomic mass is 35.5. The molecule has 0 fully saturated rings. The molecule has 0 radical (unpaired) electrons. The number of halogens is 1. The van der Waals surface area contributed by atoms with Crippen LogP contribution in [-0.4, -0.2) is 28.4 Å². The molecule has 5 heteroatoms. The molecule has 0 aliphatic rings. The van der Waals surface area contributed by atoms with E-state index in [4.69, 9.17) is 10.2 Å². The maximum absolute atomic E-state index is 9.06. The molecule has 86 valence electrons. The van der Waals surface area contributed by atoms with Crippen LogP contribution < -0.4 is 17.0 Å². The molecule has 0 bridgehead atoms. The maximum Gasteiger partial charge on any atom is 0.203 e. The van der Waals surface area contributed by atoms with Crippen LogP contribution >= 0.6 is 0 Å². The number of aliphatic hydroxyl groups is 2. The van der Waals surface area contributed by atoms with Gasteiger partial charge in [-0.1, -0.05) is 0 Å². The molecule has 16 heavy (non-hydrogen) atoms. The maximum atomic E-state index is 9.06. The molecule has 2 heterocycles. The fourth-order valence-electron chi connectivity index (χ4n) is 1.52. The Morgan fingerprint density at radius 3 is 2.62 bits per heavy atom. The molecule has 0 unspecified atom stereocenters. The molecule has 0 aromatic carbocycles. The second-order valence-electron chi connectivity index (χ2n) is 3.42. The largest absolute Gasteiger partial charge is 1.00 e. The molecule has 2 aromatic rings. The summed E-state index contributed by atoms with van der Waals surface area (Å²) in [5, 5.41) is 20.2. The van der Waals surface area contributed by atoms with Crippen molar-refractivity contribution in [3.05, 3.63) is 36.9 Å². The zero-order chi connectivity index (χ0) is 10.7. The van der Waals surface area contributed by atoms with Crippen molar-refractivity contribution in [3.63, 3.8) is 0 Å². The topological polar surface area (TPSA) is 57.2 Å². The van der Waals surface area contributed by atoms with Gasteiger partial charge in [0.1, 0.15) is 13.2 Å². The Hall–Kier alpha value is -1.23. The molecule has 0 atom stereocenters. The van der Waals surface area contributed by atoms with Crippen LogP contribution in [0.2, 0.25) is 0 Å². The Labute approximate surface area is 99.6 Å². The summed E-state index contributed by atoms with van der Waals surface area (Å²) in [4.78, 5) is 4.03. The van der Waals surface area contributed by atoms with Gasteiger partial charge in [-0.25, -0.2) is 0 Å². The Balaban J connectivity index is 0.00000128. The first-order valence-electron chi connectivity index (χ1n) is 4.81. The van der Waals surface area contributed by atoms with Gasteiger partial charge in [0.2, 0.25) is 6.04 Å². The summed E-state index contributed by atoms with van der Waals surface area (Å²) in [6.07, 6.45) is 7.22.